The Hall–Kier alpha value is -2.95. The summed E-state index contributed by atoms with van der Waals surface area (Å²) in [6.07, 6.45) is 2.58. The van der Waals surface area contributed by atoms with Crippen molar-refractivity contribution in [3.8, 4) is 0 Å². The highest BCUT2D eigenvalue weighted by Crippen LogP contribution is 2.24. The quantitative estimate of drug-likeness (QED) is 0.738. The van der Waals surface area contributed by atoms with Crippen molar-refractivity contribution in [2.75, 3.05) is 10.6 Å². The van der Waals surface area contributed by atoms with Gasteiger partial charge in [0.05, 0.1) is 6.20 Å². The monoisotopic (exact) mass is 305 g/mol. The van der Waals surface area contributed by atoms with Crippen LogP contribution in [0.3, 0.4) is 0 Å². The first kappa shape index (κ1) is 15.0. The fourth-order valence-electron chi connectivity index (χ4n) is 2.40. The SMILES string of the molecule is CCc1cccc(C)c1Nc1cnnc(Nc2ccccc2)n1. The number of hydrogen-bond acceptors (Lipinski definition) is 5. The molecule has 0 amide bonds. The molecule has 2 N–H and O–H groups in total. The normalized spacial score (nSPS) is 10.3. The largest absolute Gasteiger partial charge is 0.338 e. The third kappa shape index (κ3) is 3.63. The molecule has 0 bridgehead atoms. The Bertz CT molecular complexity index is 786. The van der Waals surface area contributed by atoms with Crippen molar-refractivity contribution in [2.45, 2.75) is 20.3 Å². The summed E-state index contributed by atoms with van der Waals surface area (Å²) in [4.78, 5) is 4.48. The molecule has 0 saturated carbocycles. The summed E-state index contributed by atoms with van der Waals surface area (Å²) in [7, 11) is 0. The molecule has 0 unspecified atom stereocenters. The highest BCUT2D eigenvalue weighted by molar-refractivity contribution is 5.65. The van der Waals surface area contributed by atoms with Crippen LogP contribution in [0.2, 0.25) is 0 Å². The van der Waals surface area contributed by atoms with Crippen LogP contribution in [0.1, 0.15) is 18.1 Å². The molecule has 0 aliphatic rings. The number of nitrogens with zero attached hydrogens (tertiary/aromatic N) is 3. The van der Waals surface area contributed by atoms with Gasteiger partial charge in [0.1, 0.15) is 0 Å². The van der Waals surface area contributed by atoms with Gasteiger partial charge in [-0.2, -0.15) is 10.1 Å². The lowest BCUT2D eigenvalue weighted by Crippen LogP contribution is -2.04. The maximum absolute atomic E-state index is 4.48. The molecule has 0 aliphatic carbocycles. The second-order valence-electron chi connectivity index (χ2n) is 5.24. The Morgan fingerprint density at radius 3 is 2.57 bits per heavy atom. The first-order valence-corrected chi connectivity index (χ1v) is 7.63. The first-order chi connectivity index (χ1) is 11.3. The minimum absolute atomic E-state index is 0.466. The van der Waals surface area contributed by atoms with Gasteiger partial charge in [-0.3, -0.25) is 0 Å². The van der Waals surface area contributed by atoms with Gasteiger partial charge in [-0.1, -0.05) is 43.3 Å². The van der Waals surface area contributed by atoms with E-state index in [1.807, 2.05) is 30.3 Å². The van der Waals surface area contributed by atoms with Gasteiger partial charge in [-0.25, -0.2) is 0 Å². The lowest BCUT2D eigenvalue weighted by Gasteiger charge is -2.13. The second-order valence-corrected chi connectivity index (χ2v) is 5.24. The summed E-state index contributed by atoms with van der Waals surface area (Å²) >= 11 is 0. The zero-order valence-corrected chi connectivity index (χ0v) is 13.2. The molecular formula is C18H19N5. The van der Waals surface area contributed by atoms with Gasteiger partial charge in [0.15, 0.2) is 5.82 Å². The molecule has 5 nitrogen and oxygen atoms in total. The molecule has 2 aromatic carbocycles. The van der Waals surface area contributed by atoms with Gasteiger partial charge in [0, 0.05) is 11.4 Å². The van der Waals surface area contributed by atoms with E-state index in [2.05, 4.69) is 57.9 Å². The van der Waals surface area contributed by atoms with E-state index in [1.54, 1.807) is 6.20 Å². The number of benzene rings is 2. The summed E-state index contributed by atoms with van der Waals surface area (Å²) in [5.74, 6) is 1.13. The van der Waals surface area contributed by atoms with Crippen LogP contribution in [-0.4, -0.2) is 15.2 Å². The number of rotatable bonds is 5. The molecule has 0 fully saturated rings. The average molecular weight is 305 g/mol. The van der Waals surface area contributed by atoms with Crippen LogP contribution in [0.4, 0.5) is 23.1 Å². The van der Waals surface area contributed by atoms with Gasteiger partial charge in [-0.15, -0.1) is 5.10 Å². The Morgan fingerprint density at radius 1 is 0.957 bits per heavy atom. The molecule has 0 spiro atoms. The number of aromatic nitrogens is 3. The van der Waals surface area contributed by atoms with E-state index >= 15 is 0 Å². The topological polar surface area (TPSA) is 62.7 Å². The first-order valence-electron chi connectivity index (χ1n) is 7.63. The smallest absolute Gasteiger partial charge is 0.249 e. The standard InChI is InChI=1S/C18H19N5/c1-3-14-9-7-8-13(2)17(14)21-16-12-19-23-18(22-16)20-15-10-5-4-6-11-15/h4-12H,3H2,1-2H3,(H2,20,21,22,23). The van der Waals surface area contributed by atoms with Crippen LogP contribution < -0.4 is 10.6 Å². The van der Waals surface area contributed by atoms with Crippen molar-refractivity contribution in [1.82, 2.24) is 15.2 Å². The number of aryl methyl sites for hydroxylation is 2. The minimum Gasteiger partial charge on any atom is -0.338 e. The van der Waals surface area contributed by atoms with Gasteiger partial charge in [-0.05, 0) is 36.6 Å². The number of para-hydroxylation sites is 2. The molecule has 5 heteroatoms. The average Bonchev–Trinajstić information content (AvgIpc) is 2.58. The predicted octanol–water partition coefficient (Wildman–Crippen LogP) is 4.23. The van der Waals surface area contributed by atoms with E-state index in [9.17, 15) is 0 Å². The van der Waals surface area contributed by atoms with Gasteiger partial charge >= 0.3 is 0 Å². The van der Waals surface area contributed by atoms with Crippen molar-refractivity contribution < 1.29 is 0 Å². The molecule has 1 aromatic heterocycles. The molecule has 23 heavy (non-hydrogen) atoms. The summed E-state index contributed by atoms with van der Waals surface area (Å²) in [6, 6.07) is 16.1. The molecular weight excluding hydrogens is 286 g/mol. The maximum atomic E-state index is 4.48. The number of hydrogen-bond donors (Lipinski definition) is 2. The minimum atomic E-state index is 0.466. The van der Waals surface area contributed by atoms with Crippen LogP contribution in [0, 0.1) is 6.92 Å². The molecule has 116 valence electrons. The number of anilines is 4. The molecule has 0 atom stereocenters. The predicted molar refractivity (Wildman–Crippen MR) is 93.4 cm³/mol. The third-order valence-electron chi connectivity index (χ3n) is 3.58. The fraction of sp³-hybridized carbons (Fsp3) is 0.167. The highest BCUT2D eigenvalue weighted by Gasteiger charge is 2.07. The Morgan fingerprint density at radius 2 is 1.78 bits per heavy atom. The summed E-state index contributed by atoms with van der Waals surface area (Å²) in [6.45, 7) is 4.22. The van der Waals surface area contributed by atoms with Gasteiger partial charge < -0.3 is 10.6 Å². The van der Waals surface area contributed by atoms with Crippen LogP contribution in [0.25, 0.3) is 0 Å². The van der Waals surface area contributed by atoms with Crippen LogP contribution in [-0.2, 0) is 6.42 Å². The zero-order chi connectivity index (χ0) is 16.1. The summed E-state index contributed by atoms with van der Waals surface area (Å²) in [5, 5.41) is 14.6. The summed E-state index contributed by atoms with van der Waals surface area (Å²) < 4.78 is 0. The second kappa shape index (κ2) is 6.87. The van der Waals surface area contributed by atoms with E-state index in [0.29, 0.717) is 11.8 Å². The molecule has 1 heterocycles. The van der Waals surface area contributed by atoms with Crippen LogP contribution in [0.5, 0.6) is 0 Å². The lowest BCUT2D eigenvalue weighted by molar-refractivity contribution is 0.981. The van der Waals surface area contributed by atoms with Crippen molar-refractivity contribution in [2.24, 2.45) is 0 Å². The third-order valence-corrected chi connectivity index (χ3v) is 3.58. The molecule has 0 aliphatic heterocycles. The van der Waals surface area contributed by atoms with Gasteiger partial charge in [0.25, 0.3) is 0 Å². The Kier molecular flexibility index (Phi) is 4.47. The van der Waals surface area contributed by atoms with E-state index in [1.165, 1.54) is 11.1 Å². The zero-order valence-electron chi connectivity index (χ0n) is 13.2. The van der Waals surface area contributed by atoms with E-state index < -0.39 is 0 Å². The summed E-state index contributed by atoms with van der Waals surface area (Å²) in [5.41, 5.74) is 4.44. The maximum Gasteiger partial charge on any atom is 0.249 e. The highest BCUT2D eigenvalue weighted by atomic mass is 15.3. The van der Waals surface area contributed by atoms with E-state index in [4.69, 9.17) is 0 Å². The molecule has 0 saturated heterocycles. The van der Waals surface area contributed by atoms with E-state index in [0.717, 1.165) is 17.8 Å². The van der Waals surface area contributed by atoms with Gasteiger partial charge in [0.2, 0.25) is 5.95 Å². The fourth-order valence-corrected chi connectivity index (χ4v) is 2.40. The van der Waals surface area contributed by atoms with Crippen molar-refractivity contribution >= 4 is 23.1 Å². The van der Waals surface area contributed by atoms with Crippen molar-refractivity contribution in [1.29, 1.82) is 0 Å². The Balaban J connectivity index is 1.83. The molecule has 0 radical (unpaired) electrons. The Labute approximate surface area is 135 Å². The number of nitrogens with one attached hydrogen (secondary N) is 2. The van der Waals surface area contributed by atoms with Crippen LogP contribution >= 0.6 is 0 Å². The van der Waals surface area contributed by atoms with E-state index in [-0.39, 0.29) is 0 Å². The lowest BCUT2D eigenvalue weighted by atomic mass is 10.1. The van der Waals surface area contributed by atoms with Crippen molar-refractivity contribution in [3.63, 3.8) is 0 Å². The van der Waals surface area contributed by atoms with Crippen molar-refractivity contribution in [3.05, 3.63) is 65.9 Å². The molecule has 3 aromatic rings. The molecule has 3 rings (SSSR count). The van der Waals surface area contributed by atoms with Crippen LogP contribution in [0.15, 0.2) is 54.7 Å².